The highest BCUT2D eigenvalue weighted by Gasteiger charge is 2.43. The number of unbranched alkanes of at least 4 members (excludes halogenated alkanes) is 2. The maximum absolute atomic E-state index is 14.4. The highest BCUT2D eigenvalue weighted by atomic mass is 32.2. The monoisotopic (exact) mass is 1340 g/mol. The van der Waals surface area contributed by atoms with Gasteiger partial charge in [0.1, 0.15) is 36.0 Å². The Morgan fingerprint density at radius 3 is 2.03 bits per heavy atom. The van der Waals surface area contributed by atoms with Crippen molar-refractivity contribution in [1.29, 1.82) is 5.41 Å². The number of carbonyl (C=O) groups is 10. The number of aromatic hydroxyl groups is 1. The number of nitrogens with zero attached hydrogens (tertiary/aromatic N) is 3. The van der Waals surface area contributed by atoms with Crippen LogP contribution in [0.25, 0.3) is 0 Å². The van der Waals surface area contributed by atoms with Gasteiger partial charge >= 0.3 is 12.0 Å². The summed E-state index contributed by atoms with van der Waals surface area (Å²) in [6.45, 7) is 7.62. The number of ketones is 1. The van der Waals surface area contributed by atoms with Crippen LogP contribution in [0.3, 0.4) is 0 Å². The number of urea groups is 1. The van der Waals surface area contributed by atoms with Crippen LogP contribution in [0.4, 0.5) is 4.79 Å². The topological polar surface area (TPSA) is 474 Å². The van der Waals surface area contributed by atoms with E-state index >= 15 is 0 Å². The van der Waals surface area contributed by atoms with Gasteiger partial charge in [-0.05, 0) is 101 Å². The molecule has 2 fully saturated rings. The number of phenols is 1. The zero-order valence-electron chi connectivity index (χ0n) is 54.2. The summed E-state index contributed by atoms with van der Waals surface area (Å²) in [6, 6.07) is -2.62. The largest absolute Gasteiger partial charge is 0.508 e. The number of hydrogen-bond acceptors (Lipinski definition) is 20. The van der Waals surface area contributed by atoms with E-state index in [0.29, 0.717) is 94.5 Å². The highest BCUT2D eigenvalue weighted by Crippen LogP contribution is 2.33. The number of phenolic OH excluding ortho intramolecular Hbond substituents is 1. The molecule has 4 heterocycles. The lowest BCUT2D eigenvalue weighted by Crippen LogP contribution is -2.61. The molecule has 5 rings (SSSR count). The van der Waals surface area contributed by atoms with Crippen LogP contribution in [0.1, 0.15) is 135 Å². The average Bonchev–Trinajstić information content (AvgIpc) is 1.65. The van der Waals surface area contributed by atoms with E-state index in [-0.39, 0.29) is 106 Å². The molecule has 0 radical (unpaired) electrons. The molecule has 2 saturated heterocycles. The standard InChI is InChI=1S/C62H99N15O16S/c1-37(2)30-46-60(88)73-54(38(3)78)61(89)69-45(12-4-6-15-51(64)65)58(86)68-44(57(85)67-22-11-25-92-27-29-93-28-26-91-24-10-21-66-52(81)16-7-5-14-50-55-48(36-94-50)72-62(90)74-55)13-8-9-23-77-35-41(75-76-77)33-43(63)49(80)32-40(31-39-17-19-42(79)20-18-39)56(84)70-47(34-53(82)83)59(87)71-46/h17-20,35,37-38,40,43-48,50,54-55,78-79H,4-16,21-34,36,63H2,1-3H3,(H3,64,65)(H,66,81)(H,67,85)(H,68,86)(H,69,89)(H,70,84)(H,71,87)(H,73,88)(H,82,83)(H2,72,74,90)/t38-,40+,43-,44-,45-,46-,47-,48+,50?,54-,55+/m0/s1. The summed E-state index contributed by atoms with van der Waals surface area (Å²) in [5.74, 6) is -8.11. The van der Waals surface area contributed by atoms with E-state index in [1.54, 1.807) is 20.0 Å². The number of benzene rings is 1. The van der Waals surface area contributed by atoms with E-state index in [1.807, 2.05) is 11.8 Å². The molecule has 3 aliphatic heterocycles. The number of carboxylic acid groups (broad SMARTS) is 1. The molecule has 11 atom stereocenters. The number of fused-ring (bicyclic) bond motifs is 3. The van der Waals surface area contributed by atoms with E-state index < -0.39 is 108 Å². The summed E-state index contributed by atoms with van der Waals surface area (Å²) in [7, 11) is 0. The number of amidine groups is 1. The molecule has 31 nitrogen and oxygen atoms in total. The molecule has 0 aliphatic carbocycles. The van der Waals surface area contributed by atoms with Gasteiger partial charge in [-0.25, -0.2) is 4.79 Å². The first kappa shape index (κ1) is 77.2. The van der Waals surface area contributed by atoms with Crippen molar-refractivity contribution in [2.24, 2.45) is 23.3 Å². The average molecular weight is 1340 g/mol. The van der Waals surface area contributed by atoms with Crippen LogP contribution >= 0.6 is 11.8 Å². The number of aromatic nitrogens is 3. The predicted octanol–water partition coefficient (Wildman–Crippen LogP) is -0.534. The van der Waals surface area contributed by atoms with Gasteiger partial charge in [0.15, 0.2) is 5.78 Å². The third-order valence-electron chi connectivity index (χ3n) is 16.0. The maximum atomic E-state index is 14.4. The van der Waals surface area contributed by atoms with Crippen LogP contribution < -0.4 is 59.3 Å². The van der Waals surface area contributed by atoms with Gasteiger partial charge in [-0.2, -0.15) is 11.8 Å². The van der Waals surface area contributed by atoms with Crippen LogP contribution in [-0.4, -0.2) is 213 Å². The van der Waals surface area contributed by atoms with Crippen LogP contribution in [0.15, 0.2) is 30.5 Å². The van der Waals surface area contributed by atoms with Gasteiger partial charge in [0.05, 0.1) is 68.6 Å². The van der Waals surface area contributed by atoms with Crippen LogP contribution in [0.2, 0.25) is 0 Å². The van der Waals surface area contributed by atoms with E-state index in [0.717, 1.165) is 25.0 Å². The lowest BCUT2D eigenvalue weighted by atomic mass is 9.90. The molecule has 2 bridgehead atoms. The van der Waals surface area contributed by atoms with Gasteiger partial charge in [-0.3, -0.25) is 53.2 Å². The summed E-state index contributed by atoms with van der Waals surface area (Å²) >= 11 is 1.87. The molecular formula is C62H99N15O16S. The number of hydrogen-bond donors (Lipinski definition) is 15. The van der Waals surface area contributed by atoms with E-state index in [4.69, 9.17) is 31.1 Å². The van der Waals surface area contributed by atoms with Gasteiger partial charge < -0.3 is 88.8 Å². The molecule has 2 aromatic rings. The van der Waals surface area contributed by atoms with E-state index in [2.05, 4.69) is 58.2 Å². The molecule has 0 spiro atoms. The third kappa shape index (κ3) is 28.6. The van der Waals surface area contributed by atoms with Crippen molar-refractivity contribution in [1.82, 2.24) is 62.8 Å². The van der Waals surface area contributed by atoms with Crippen molar-refractivity contribution in [3.8, 4) is 5.75 Å². The van der Waals surface area contributed by atoms with Crippen LogP contribution in [0, 0.1) is 17.2 Å². The minimum atomic E-state index is -1.80. The van der Waals surface area contributed by atoms with E-state index in [1.165, 1.54) is 35.9 Å². The third-order valence-corrected chi connectivity index (χ3v) is 17.6. The molecule has 9 amide bonds. The minimum absolute atomic E-state index is 0.00519. The summed E-state index contributed by atoms with van der Waals surface area (Å²) in [5.41, 5.74) is 12.9. The Kier molecular flexibility index (Phi) is 33.9. The summed E-state index contributed by atoms with van der Waals surface area (Å²) in [6.07, 6.45) is 4.15. The fraction of sp³-hybridized carbons (Fsp3) is 0.694. The molecule has 32 heteroatoms. The molecular weight excluding hydrogens is 1240 g/mol. The smallest absolute Gasteiger partial charge is 0.315 e. The number of nitrogens with one attached hydrogen (secondary N) is 10. The van der Waals surface area contributed by atoms with E-state index in [9.17, 15) is 63.3 Å². The Morgan fingerprint density at radius 1 is 0.734 bits per heavy atom. The summed E-state index contributed by atoms with van der Waals surface area (Å²) in [5, 5.41) is 71.9. The zero-order chi connectivity index (χ0) is 68.5. The van der Waals surface area contributed by atoms with Crippen molar-refractivity contribution in [3.05, 3.63) is 41.7 Å². The predicted molar refractivity (Wildman–Crippen MR) is 346 cm³/mol. The Hall–Kier alpha value is -7.52. The number of rotatable bonds is 32. The number of ether oxygens (including phenoxy) is 3. The number of aliphatic carboxylic acids is 1. The molecule has 1 unspecified atom stereocenters. The van der Waals surface area contributed by atoms with Crippen LogP contribution in [0.5, 0.6) is 5.75 Å². The first-order valence-corrected chi connectivity index (χ1v) is 33.7. The Morgan fingerprint density at radius 2 is 1.36 bits per heavy atom. The van der Waals surface area contributed by atoms with Crippen LogP contribution in [-0.2, 0) is 76.7 Å². The highest BCUT2D eigenvalue weighted by molar-refractivity contribution is 8.00. The molecule has 94 heavy (non-hydrogen) atoms. The number of thioether (sulfide) groups is 1. The normalized spacial score (nSPS) is 24.1. The van der Waals surface area contributed by atoms with Gasteiger partial charge in [0, 0.05) is 81.6 Å². The molecule has 0 saturated carbocycles. The van der Waals surface area contributed by atoms with Gasteiger partial charge in [0.2, 0.25) is 41.4 Å². The number of carboxylic acids is 1. The number of carbonyl (C=O) groups excluding carboxylic acids is 9. The number of aliphatic hydroxyl groups is 1. The maximum Gasteiger partial charge on any atom is 0.315 e. The SMILES string of the molecule is CC(C)C[C@@H]1NC(=O)[C@H](CC(=O)O)NC(=O)[C@H](Cc2ccc(O)cc2)CC(=O)[C@@H](N)Cc2cn(nn2)CCCC[C@@H](C(=O)NCCCOCCOCCOCCCNC(=O)CCCCC2SC[C@H]3NC(=O)N[C@@H]23)NC(=O)[C@H](CCCCC(=N)N)NC(=O)[C@H]([C@H](C)O)NC1=O. The van der Waals surface area contributed by atoms with Gasteiger partial charge in [-0.15, -0.1) is 5.10 Å². The fourth-order valence-electron chi connectivity index (χ4n) is 10.9. The van der Waals surface area contributed by atoms with Gasteiger partial charge in [0.25, 0.3) is 0 Å². The fourth-order valence-corrected chi connectivity index (χ4v) is 12.5. The Labute approximate surface area is 552 Å². The molecule has 524 valence electrons. The number of amides is 9. The number of Topliss-reactive ketones (excluding diaryl/α,β-unsaturated/α-hetero) is 1. The minimum Gasteiger partial charge on any atom is -0.508 e. The summed E-state index contributed by atoms with van der Waals surface area (Å²) < 4.78 is 18.5. The van der Waals surface area contributed by atoms with Gasteiger partial charge in [-0.1, -0.05) is 44.0 Å². The quantitative estimate of drug-likeness (QED) is 0.0189. The first-order chi connectivity index (χ1) is 44.9. The van der Waals surface area contributed by atoms with Crippen molar-refractivity contribution < 1.29 is 77.5 Å². The Balaban J connectivity index is 1.18. The molecule has 17 N–H and O–H groups in total. The molecule has 1 aromatic heterocycles. The second kappa shape index (κ2) is 41.3. The summed E-state index contributed by atoms with van der Waals surface area (Å²) in [4.78, 5) is 135. The van der Waals surface area contributed by atoms with Crippen molar-refractivity contribution in [3.63, 3.8) is 0 Å². The van der Waals surface area contributed by atoms with Crippen molar-refractivity contribution >= 4 is 76.7 Å². The molecule has 1 aromatic carbocycles. The van der Waals surface area contributed by atoms with Crippen molar-refractivity contribution in [2.45, 2.75) is 203 Å². The number of aryl methyl sites for hydroxylation is 1. The number of nitrogens with two attached hydrogens (primary N) is 2. The lowest BCUT2D eigenvalue weighted by molar-refractivity contribution is -0.142. The zero-order valence-corrected chi connectivity index (χ0v) is 55.0. The van der Waals surface area contributed by atoms with Crippen molar-refractivity contribution in [2.75, 3.05) is 58.5 Å². The first-order valence-electron chi connectivity index (χ1n) is 32.6. The lowest BCUT2D eigenvalue weighted by Gasteiger charge is -2.29. The Bertz CT molecular complexity index is 2800. The second-order valence-electron chi connectivity index (χ2n) is 24.5. The molecule has 3 aliphatic rings. The second-order valence-corrected chi connectivity index (χ2v) is 25.8. The number of aliphatic hydroxyl groups excluding tert-OH is 1.